The Morgan fingerprint density at radius 2 is 1.83 bits per heavy atom. The molecule has 2 heterocycles. The van der Waals surface area contributed by atoms with Crippen LogP contribution in [0.1, 0.15) is 46.5 Å². The Bertz CT molecular complexity index is 1160. The van der Waals surface area contributed by atoms with Crippen molar-refractivity contribution in [3.05, 3.63) is 88.2 Å². The molecule has 35 heavy (non-hydrogen) atoms. The summed E-state index contributed by atoms with van der Waals surface area (Å²) in [5.74, 6) is 0.813. The van der Waals surface area contributed by atoms with Gasteiger partial charge in [-0.2, -0.15) is 0 Å². The first-order valence-corrected chi connectivity index (χ1v) is 12.9. The quantitative estimate of drug-likeness (QED) is 0.484. The first kappa shape index (κ1) is 23.7. The van der Waals surface area contributed by atoms with E-state index in [9.17, 15) is 5.11 Å². The van der Waals surface area contributed by atoms with Crippen LogP contribution in [0.5, 0.6) is 5.75 Å². The normalized spacial score (nSPS) is 18.9. The molecule has 1 unspecified atom stereocenters. The van der Waals surface area contributed by atoms with Crippen LogP contribution in [0, 0.1) is 0 Å². The number of allylic oxidation sites excluding steroid dienone is 1. The van der Waals surface area contributed by atoms with Crippen molar-refractivity contribution in [2.24, 2.45) is 0 Å². The number of aromatic amines is 1. The lowest BCUT2D eigenvalue weighted by atomic mass is 9.97. The summed E-state index contributed by atoms with van der Waals surface area (Å²) < 4.78 is 5.30. The van der Waals surface area contributed by atoms with Gasteiger partial charge in [0.25, 0.3) is 0 Å². The third kappa shape index (κ3) is 5.31. The van der Waals surface area contributed by atoms with Crippen molar-refractivity contribution in [3.8, 4) is 5.75 Å². The summed E-state index contributed by atoms with van der Waals surface area (Å²) in [5.41, 5.74) is 9.23. The van der Waals surface area contributed by atoms with E-state index < -0.39 is 6.23 Å². The van der Waals surface area contributed by atoms with Crippen molar-refractivity contribution in [1.82, 2.24) is 10.3 Å². The highest BCUT2D eigenvalue weighted by atomic mass is 16.5. The predicted molar refractivity (Wildman–Crippen MR) is 143 cm³/mol. The number of nitrogens with one attached hydrogen (secondary N) is 2. The molecule has 0 fully saturated rings. The molecule has 2 bridgehead atoms. The molecule has 0 spiro atoms. The highest BCUT2D eigenvalue weighted by molar-refractivity contribution is 5.61. The van der Waals surface area contributed by atoms with Gasteiger partial charge in [-0.3, -0.25) is 0 Å². The van der Waals surface area contributed by atoms with Gasteiger partial charge in [0.15, 0.2) is 0 Å². The highest BCUT2D eigenvalue weighted by Gasteiger charge is 2.25. The van der Waals surface area contributed by atoms with Gasteiger partial charge in [0.05, 0.1) is 13.2 Å². The number of benzene rings is 2. The van der Waals surface area contributed by atoms with Gasteiger partial charge in [-0.15, -0.1) is 0 Å². The molecule has 1 aromatic heterocycles. The number of likely N-dealkylation sites (N-methyl/N-ethyl adjacent to an activating group) is 1. The number of H-pyrrole nitrogens is 1. The molecule has 2 atom stereocenters. The van der Waals surface area contributed by atoms with E-state index >= 15 is 0 Å². The Hall–Kier alpha value is -3.02. The highest BCUT2D eigenvalue weighted by Crippen LogP contribution is 2.28. The van der Waals surface area contributed by atoms with Crippen LogP contribution in [0.25, 0.3) is 6.08 Å². The van der Waals surface area contributed by atoms with Crippen LogP contribution in [0.3, 0.4) is 0 Å². The Morgan fingerprint density at radius 3 is 2.66 bits per heavy atom. The molecule has 0 saturated heterocycles. The van der Waals surface area contributed by atoms with Crippen molar-refractivity contribution < 1.29 is 9.84 Å². The third-order valence-electron chi connectivity index (χ3n) is 7.52. The SMILES string of the molecule is COc1ccc(N(C)C(O)[C@@H]2Cc3cccc(c3)CCCc3[nH]c4c(c3CCN2)C=CCC4)cc1. The smallest absolute Gasteiger partial charge is 0.142 e. The van der Waals surface area contributed by atoms with Crippen LogP contribution in [0.4, 0.5) is 5.69 Å². The van der Waals surface area contributed by atoms with E-state index in [1.807, 2.05) is 36.2 Å². The number of anilines is 1. The maximum absolute atomic E-state index is 11.5. The number of hydrogen-bond donors (Lipinski definition) is 3. The summed E-state index contributed by atoms with van der Waals surface area (Å²) in [5, 5.41) is 15.2. The van der Waals surface area contributed by atoms with Crippen LogP contribution >= 0.6 is 0 Å². The predicted octanol–water partition coefficient (Wildman–Crippen LogP) is 4.67. The van der Waals surface area contributed by atoms with Gasteiger partial charge < -0.3 is 25.0 Å². The van der Waals surface area contributed by atoms with Gasteiger partial charge in [-0.25, -0.2) is 0 Å². The van der Waals surface area contributed by atoms with Crippen LogP contribution in [0.2, 0.25) is 0 Å². The number of aliphatic hydroxyl groups excluding tert-OH is 1. The van der Waals surface area contributed by atoms with Gasteiger partial charge in [0.2, 0.25) is 0 Å². The minimum atomic E-state index is -0.670. The van der Waals surface area contributed by atoms with Crippen molar-refractivity contribution in [1.29, 1.82) is 0 Å². The fourth-order valence-electron chi connectivity index (χ4n) is 5.54. The molecule has 2 aromatic carbocycles. The van der Waals surface area contributed by atoms with Gasteiger partial charge >= 0.3 is 0 Å². The summed E-state index contributed by atoms with van der Waals surface area (Å²) >= 11 is 0. The first-order chi connectivity index (χ1) is 17.1. The number of ether oxygens (including phenoxy) is 1. The number of aryl methyl sites for hydroxylation is 3. The lowest BCUT2D eigenvalue weighted by Gasteiger charge is -2.33. The molecule has 3 aromatic rings. The second kappa shape index (κ2) is 10.7. The van der Waals surface area contributed by atoms with Crippen molar-refractivity contribution in [2.45, 2.75) is 57.2 Å². The molecular formula is C30H37N3O2. The zero-order valence-electron chi connectivity index (χ0n) is 20.9. The summed E-state index contributed by atoms with van der Waals surface area (Å²) in [6, 6.07) is 16.6. The summed E-state index contributed by atoms with van der Waals surface area (Å²) in [6.07, 6.45) is 11.2. The van der Waals surface area contributed by atoms with Crippen molar-refractivity contribution in [3.63, 3.8) is 0 Å². The van der Waals surface area contributed by atoms with Gasteiger partial charge in [-0.1, -0.05) is 36.4 Å². The van der Waals surface area contributed by atoms with E-state index in [0.717, 1.165) is 62.9 Å². The maximum atomic E-state index is 11.5. The fourth-order valence-corrected chi connectivity index (χ4v) is 5.54. The maximum Gasteiger partial charge on any atom is 0.142 e. The number of aliphatic hydroxyl groups is 1. The Balaban J connectivity index is 1.41. The molecule has 5 nitrogen and oxygen atoms in total. The van der Waals surface area contributed by atoms with Gasteiger partial charge in [0, 0.05) is 24.1 Å². The monoisotopic (exact) mass is 471 g/mol. The molecule has 1 aliphatic carbocycles. The molecular weight excluding hydrogens is 434 g/mol. The zero-order valence-corrected chi connectivity index (χ0v) is 20.9. The number of methoxy groups -OCH3 is 1. The molecule has 0 amide bonds. The average molecular weight is 472 g/mol. The molecule has 184 valence electrons. The van der Waals surface area contributed by atoms with Gasteiger partial charge in [-0.05, 0) is 98.0 Å². The molecule has 5 rings (SSSR count). The van der Waals surface area contributed by atoms with Crippen molar-refractivity contribution in [2.75, 3.05) is 25.6 Å². The van der Waals surface area contributed by atoms with E-state index in [1.165, 1.54) is 33.6 Å². The minimum Gasteiger partial charge on any atom is -0.497 e. The topological polar surface area (TPSA) is 60.5 Å². The van der Waals surface area contributed by atoms with Crippen LogP contribution in [-0.4, -0.2) is 43.1 Å². The fraction of sp³-hybridized carbons (Fsp3) is 0.400. The third-order valence-corrected chi connectivity index (χ3v) is 7.52. The molecule has 3 N–H and O–H groups in total. The molecule has 0 radical (unpaired) electrons. The zero-order chi connectivity index (χ0) is 24.2. The Morgan fingerprint density at radius 1 is 1.00 bits per heavy atom. The second-order valence-electron chi connectivity index (χ2n) is 9.83. The largest absolute Gasteiger partial charge is 0.497 e. The number of fused-ring (bicyclic) bond motifs is 5. The summed E-state index contributed by atoms with van der Waals surface area (Å²) in [4.78, 5) is 5.71. The second-order valence-corrected chi connectivity index (χ2v) is 9.83. The van der Waals surface area contributed by atoms with E-state index in [-0.39, 0.29) is 6.04 Å². The lowest BCUT2D eigenvalue weighted by Crippen LogP contribution is -2.50. The number of hydrogen-bond acceptors (Lipinski definition) is 4. The lowest BCUT2D eigenvalue weighted by molar-refractivity contribution is 0.127. The number of nitrogens with zero attached hydrogens (tertiary/aromatic N) is 1. The van der Waals surface area contributed by atoms with Crippen molar-refractivity contribution >= 4 is 11.8 Å². The molecule has 0 saturated carbocycles. The summed E-state index contributed by atoms with van der Waals surface area (Å²) in [7, 11) is 3.62. The molecule has 1 aliphatic heterocycles. The average Bonchev–Trinajstić information content (AvgIpc) is 3.24. The van der Waals surface area contributed by atoms with Crippen LogP contribution in [0.15, 0.2) is 54.6 Å². The Labute approximate surface area is 208 Å². The number of aromatic nitrogens is 1. The van der Waals surface area contributed by atoms with Crippen LogP contribution < -0.4 is 15.0 Å². The van der Waals surface area contributed by atoms with E-state index in [0.29, 0.717) is 0 Å². The molecule has 5 heteroatoms. The summed E-state index contributed by atoms with van der Waals surface area (Å²) in [6.45, 7) is 0.822. The Kier molecular flexibility index (Phi) is 7.26. The van der Waals surface area contributed by atoms with Gasteiger partial charge in [0.1, 0.15) is 12.0 Å². The number of rotatable bonds is 4. The van der Waals surface area contributed by atoms with Crippen LogP contribution in [-0.2, 0) is 32.1 Å². The minimum absolute atomic E-state index is 0.105. The van der Waals surface area contributed by atoms with E-state index in [1.54, 1.807) is 7.11 Å². The van der Waals surface area contributed by atoms with E-state index in [4.69, 9.17) is 4.74 Å². The standard InChI is InChI=1S/C30H37N3O2/c1-33(23-13-15-24(35-2)16-14-23)30(34)29-20-22-9-5-7-21(19-22)8-6-12-28-26(17-18-31-29)25-10-3-4-11-27(25)32-28/h3,5,7,9-10,13-16,19,29-32,34H,4,6,8,11-12,17-18,20H2,1-2H3/t29-,30?/m0/s1. The van der Waals surface area contributed by atoms with E-state index in [2.05, 4.69) is 46.7 Å². The first-order valence-electron chi connectivity index (χ1n) is 12.9. The molecule has 2 aliphatic rings.